The number of rotatable bonds is 3. The Morgan fingerprint density at radius 1 is 0.789 bits per heavy atom. The maximum Gasteiger partial charge on any atom is 0.119 e. The minimum absolute atomic E-state index is 0.586. The van der Waals surface area contributed by atoms with Gasteiger partial charge in [-0.25, -0.2) is 0 Å². The Morgan fingerprint density at radius 2 is 1.53 bits per heavy atom. The van der Waals surface area contributed by atoms with Gasteiger partial charge >= 0.3 is 0 Å². The Bertz CT molecular complexity index is 684. The van der Waals surface area contributed by atoms with Crippen molar-refractivity contribution in [1.29, 1.82) is 0 Å². The van der Waals surface area contributed by atoms with Crippen LogP contribution in [0.3, 0.4) is 0 Å². The molecule has 0 bridgehead atoms. The van der Waals surface area contributed by atoms with E-state index in [4.69, 9.17) is 4.74 Å². The fourth-order valence-corrected chi connectivity index (χ4v) is 2.37. The Morgan fingerprint density at radius 3 is 2.37 bits per heavy atom. The van der Waals surface area contributed by atoms with Crippen LogP contribution in [0.2, 0.25) is 0 Å². The predicted molar refractivity (Wildman–Crippen MR) is 82.4 cm³/mol. The van der Waals surface area contributed by atoms with Crippen molar-refractivity contribution in [2.24, 2.45) is 0 Å². The average molecular weight is 313 g/mol. The molecule has 1 nitrogen and oxygen atoms in total. The summed E-state index contributed by atoms with van der Waals surface area (Å²) in [7, 11) is 0. The molecule has 0 heterocycles. The van der Waals surface area contributed by atoms with Crippen LogP contribution >= 0.6 is 15.9 Å². The van der Waals surface area contributed by atoms with Crippen LogP contribution in [-0.4, -0.2) is 0 Å². The van der Waals surface area contributed by atoms with Crippen LogP contribution in [0.1, 0.15) is 5.56 Å². The molecule has 0 saturated carbocycles. The van der Waals surface area contributed by atoms with Crippen LogP contribution in [0.15, 0.2) is 71.2 Å². The molecule has 0 amide bonds. The molecule has 0 radical (unpaired) electrons. The molecule has 0 aromatic heterocycles. The van der Waals surface area contributed by atoms with Gasteiger partial charge in [-0.1, -0.05) is 58.4 Å². The van der Waals surface area contributed by atoms with E-state index in [1.165, 1.54) is 16.3 Å². The third-order valence-electron chi connectivity index (χ3n) is 3.09. The van der Waals surface area contributed by atoms with Gasteiger partial charge in [-0.2, -0.15) is 0 Å². The van der Waals surface area contributed by atoms with Gasteiger partial charge in [-0.05, 0) is 40.6 Å². The SMILES string of the molecule is Brc1ccc(OCc2cccc3ccccc23)cc1. The summed E-state index contributed by atoms with van der Waals surface area (Å²) in [4.78, 5) is 0. The molecular formula is C17H13BrO. The summed E-state index contributed by atoms with van der Waals surface area (Å²) in [6.45, 7) is 0.586. The normalized spacial score (nSPS) is 10.6. The van der Waals surface area contributed by atoms with Crippen molar-refractivity contribution >= 4 is 26.7 Å². The van der Waals surface area contributed by atoms with Crippen LogP contribution in [0.4, 0.5) is 0 Å². The summed E-state index contributed by atoms with van der Waals surface area (Å²) < 4.78 is 6.89. The highest BCUT2D eigenvalue weighted by Crippen LogP contribution is 2.21. The molecule has 0 fully saturated rings. The molecule has 0 atom stereocenters. The zero-order valence-electron chi connectivity index (χ0n) is 10.3. The van der Waals surface area contributed by atoms with E-state index in [1.807, 2.05) is 24.3 Å². The van der Waals surface area contributed by atoms with Crippen molar-refractivity contribution < 1.29 is 4.74 Å². The Kier molecular flexibility index (Phi) is 3.51. The van der Waals surface area contributed by atoms with Crippen molar-refractivity contribution in [1.82, 2.24) is 0 Å². The number of fused-ring (bicyclic) bond motifs is 1. The molecular weight excluding hydrogens is 300 g/mol. The Hall–Kier alpha value is -1.80. The number of hydrogen-bond donors (Lipinski definition) is 0. The van der Waals surface area contributed by atoms with Gasteiger partial charge < -0.3 is 4.74 Å². The van der Waals surface area contributed by atoms with Crippen molar-refractivity contribution in [2.45, 2.75) is 6.61 Å². The highest BCUT2D eigenvalue weighted by Gasteiger charge is 2.01. The van der Waals surface area contributed by atoms with E-state index < -0.39 is 0 Å². The first kappa shape index (κ1) is 12.2. The highest BCUT2D eigenvalue weighted by molar-refractivity contribution is 9.10. The zero-order chi connectivity index (χ0) is 13.1. The molecule has 3 aromatic carbocycles. The quantitative estimate of drug-likeness (QED) is 0.647. The minimum Gasteiger partial charge on any atom is -0.489 e. The van der Waals surface area contributed by atoms with Crippen LogP contribution < -0.4 is 4.74 Å². The van der Waals surface area contributed by atoms with Gasteiger partial charge in [-0.15, -0.1) is 0 Å². The number of halogens is 1. The van der Waals surface area contributed by atoms with Crippen LogP contribution in [0.25, 0.3) is 10.8 Å². The second-order valence-corrected chi connectivity index (χ2v) is 5.30. The summed E-state index contributed by atoms with van der Waals surface area (Å²) in [6, 6.07) is 22.6. The van der Waals surface area contributed by atoms with Gasteiger partial charge in [0, 0.05) is 4.47 Å². The summed E-state index contributed by atoms with van der Waals surface area (Å²) in [5.74, 6) is 0.885. The third-order valence-corrected chi connectivity index (χ3v) is 3.62. The predicted octanol–water partition coefficient (Wildman–Crippen LogP) is 5.18. The van der Waals surface area contributed by atoms with Gasteiger partial charge in [0.25, 0.3) is 0 Å². The van der Waals surface area contributed by atoms with E-state index in [0.717, 1.165) is 10.2 Å². The highest BCUT2D eigenvalue weighted by atomic mass is 79.9. The lowest BCUT2D eigenvalue weighted by Crippen LogP contribution is -1.96. The van der Waals surface area contributed by atoms with Gasteiger partial charge in [0.05, 0.1) is 0 Å². The van der Waals surface area contributed by atoms with E-state index in [1.54, 1.807) is 0 Å². The monoisotopic (exact) mass is 312 g/mol. The fourth-order valence-electron chi connectivity index (χ4n) is 2.11. The summed E-state index contributed by atoms with van der Waals surface area (Å²) in [5.41, 5.74) is 1.21. The summed E-state index contributed by atoms with van der Waals surface area (Å²) in [5, 5.41) is 2.50. The molecule has 0 aliphatic carbocycles. The first-order chi connectivity index (χ1) is 9.33. The van der Waals surface area contributed by atoms with Gasteiger partial charge in [0.15, 0.2) is 0 Å². The van der Waals surface area contributed by atoms with Crippen molar-refractivity contribution in [3.8, 4) is 5.75 Å². The molecule has 0 aliphatic rings. The molecule has 0 spiro atoms. The van der Waals surface area contributed by atoms with Crippen LogP contribution in [-0.2, 0) is 6.61 Å². The topological polar surface area (TPSA) is 9.23 Å². The Labute approximate surface area is 121 Å². The van der Waals surface area contributed by atoms with Gasteiger partial charge in [0.2, 0.25) is 0 Å². The summed E-state index contributed by atoms with van der Waals surface area (Å²) in [6.07, 6.45) is 0. The van der Waals surface area contributed by atoms with Crippen LogP contribution in [0, 0.1) is 0 Å². The molecule has 0 unspecified atom stereocenters. The van der Waals surface area contributed by atoms with Crippen molar-refractivity contribution in [3.05, 3.63) is 76.8 Å². The first-order valence-corrected chi connectivity index (χ1v) is 6.97. The van der Waals surface area contributed by atoms with E-state index in [0.29, 0.717) is 6.61 Å². The zero-order valence-corrected chi connectivity index (χ0v) is 11.9. The van der Waals surface area contributed by atoms with E-state index in [2.05, 4.69) is 58.4 Å². The molecule has 0 saturated heterocycles. The average Bonchev–Trinajstić information content (AvgIpc) is 2.47. The molecule has 0 N–H and O–H groups in total. The molecule has 0 aliphatic heterocycles. The van der Waals surface area contributed by atoms with Gasteiger partial charge in [0.1, 0.15) is 12.4 Å². The minimum atomic E-state index is 0.586. The fraction of sp³-hybridized carbons (Fsp3) is 0.0588. The Balaban J connectivity index is 1.84. The first-order valence-electron chi connectivity index (χ1n) is 6.18. The standard InChI is InChI=1S/C17H13BrO/c18-15-8-10-16(11-9-15)19-12-14-6-3-5-13-4-1-2-7-17(13)14/h1-11H,12H2. The lowest BCUT2D eigenvalue weighted by molar-refractivity contribution is 0.307. The smallest absolute Gasteiger partial charge is 0.119 e. The molecule has 2 heteroatoms. The number of hydrogen-bond acceptors (Lipinski definition) is 1. The maximum atomic E-state index is 5.83. The number of benzene rings is 3. The van der Waals surface area contributed by atoms with Gasteiger partial charge in [-0.3, -0.25) is 0 Å². The van der Waals surface area contributed by atoms with Crippen molar-refractivity contribution in [3.63, 3.8) is 0 Å². The molecule has 3 aromatic rings. The van der Waals surface area contributed by atoms with Crippen LogP contribution in [0.5, 0.6) is 5.75 Å². The van der Waals surface area contributed by atoms with E-state index in [-0.39, 0.29) is 0 Å². The summed E-state index contributed by atoms with van der Waals surface area (Å²) >= 11 is 3.42. The van der Waals surface area contributed by atoms with E-state index >= 15 is 0 Å². The largest absolute Gasteiger partial charge is 0.489 e. The maximum absolute atomic E-state index is 5.83. The lowest BCUT2D eigenvalue weighted by atomic mass is 10.1. The van der Waals surface area contributed by atoms with E-state index in [9.17, 15) is 0 Å². The number of ether oxygens (including phenoxy) is 1. The molecule has 94 valence electrons. The second kappa shape index (κ2) is 5.45. The van der Waals surface area contributed by atoms with Crippen molar-refractivity contribution in [2.75, 3.05) is 0 Å². The lowest BCUT2D eigenvalue weighted by Gasteiger charge is -2.09. The molecule has 19 heavy (non-hydrogen) atoms. The second-order valence-electron chi connectivity index (χ2n) is 4.38. The molecule has 3 rings (SSSR count). The third kappa shape index (κ3) is 2.79.